The van der Waals surface area contributed by atoms with E-state index >= 15 is 22.8 Å². The van der Waals surface area contributed by atoms with Crippen molar-refractivity contribution in [3.05, 3.63) is 52.1 Å². The number of piperazine rings is 1. The Hall–Kier alpha value is -5.23. The molecule has 6 bridgehead atoms. The van der Waals surface area contributed by atoms with Gasteiger partial charge >= 0.3 is 12.1 Å². The highest BCUT2D eigenvalue weighted by Gasteiger charge is 2.64. The van der Waals surface area contributed by atoms with Crippen molar-refractivity contribution in [3.63, 3.8) is 0 Å². The molecule has 3 aliphatic carbocycles. The number of hydrazine groups is 1. The minimum Gasteiger partial charge on any atom is -0.464 e. The van der Waals surface area contributed by atoms with Crippen LogP contribution < -0.4 is 15.6 Å². The number of benzene rings is 1. The summed E-state index contributed by atoms with van der Waals surface area (Å²) in [5.41, 5.74) is 6.77. The fourth-order valence-electron chi connectivity index (χ4n) is 16.2. The van der Waals surface area contributed by atoms with Crippen LogP contribution in [0.5, 0.6) is 0 Å². The van der Waals surface area contributed by atoms with Gasteiger partial charge < -0.3 is 33.9 Å². The lowest BCUT2D eigenvalue weighted by Gasteiger charge is -2.44. The van der Waals surface area contributed by atoms with Crippen LogP contribution in [0.4, 0.5) is 18.9 Å². The predicted molar refractivity (Wildman–Crippen MR) is 319 cm³/mol. The highest BCUT2D eigenvalue weighted by atomic mass is 32.1. The molecule has 0 radical (unpaired) electrons. The molecule has 18 nitrogen and oxygen atoms in total. The number of alkyl halides is 3. The van der Waals surface area contributed by atoms with Crippen molar-refractivity contribution in [2.45, 2.75) is 172 Å². The molecule has 3 unspecified atom stereocenters. The van der Waals surface area contributed by atoms with Gasteiger partial charge in [-0.25, -0.2) is 10.4 Å². The maximum absolute atomic E-state index is 15.3. The Morgan fingerprint density at radius 2 is 1.77 bits per heavy atom. The number of likely N-dealkylation sites (tertiary alicyclic amines) is 2. The molecule has 2 N–H and O–H groups in total. The van der Waals surface area contributed by atoms with Gasteiger partial charge in [-0.2, -0.15) is 13.2 Å². The van der Waals surface area contributed by atoms with E-state index in [1.165, 1.54) is 46.6 Å². The second-order valence-electron chi connectivity index (χ2n) is 27.8. The number of hydrogen-bond donors (Lipinski definition) is 2. The summed E-state index contributed by atoms with van der Waals surface area (Å²) < 4.78 is 65.2. The van der Waals surface area contributed by atoms with Crippen molar-refractivity contribution >= 4 is 51.6 Å². The lowest BCUT2D eigenvalue weighted by Crippen LogP contribution is -2.62. The summed E-state index contributed by atoms with van der Waals surface area (Å²) in [7, 11) is 1.57. The number of pyridine rings is 1. The number of carbonyl (C=O) groups is 4. The molecule has 7 aliphatic heterocycles. The molecule has 1 spiro atoms. The number of esters is 1. The fraction of sp³-hybridized carbons (Fsp3) is 0.688. The van der Waals surface area contributed by atoms with Crippen LogP contribution in [-0.4, -0.2) is 197 Å². The number of methoxy groups -OCH3 is 1. The standard InChI is InChI=1S/C64H84F3N11O7S/c1-38(83-4)53-46(27-43(30-68-53)73-23-22-72-24-25-84-32-44(72)31-73)56-47-29-62(2,3)37-85-61(82)48-10-7-19-77(71-48)59(80)49(28-52-69-50(33-86-52)41-13-16-51(45(47)26-41)76(56)36-64(65,66)67)70-58(79)55(39-8-5-6-9-39)74-20-17-63(34-74)18-21-75(35-63)60(81)57-54(40-11-12-40)78(57)42-14-15-42/h13,16,26-27,30,33,38-40,42,44,48-49,54-55,57,71H,5-12,14-15,17-25,28-29,31-32,34-37H2,1-4H3,(H,70,79)/t38-,44-,48-,49-,54?,55?,57+,63-,78?/m0/s1. The number of rotatable bonds is 12. The van der Waals surface area contributed by atoms with Crippen LogP contribution in [0, 0.1) is 22.7 Å². The number of halogens is 3. The molecule has 3 aromatic heterocycles. The van der Waals surface area contributed by atoms with Crippen molar-refractivity contribution in [3.8, 4) is 22.5 Å². The van der Waals surface area contributed by atoms with E-state index in [0.717, 1.165) is 76.9 Å². The molecular weight excluding hydrogens is 1120 g/mol. The first kappa shape index (κ1) is 58.5. The molecule has 1 aromatic carbocycles. The van der Waals surface area contributed by atoms with E-state index in [2.05, 4.69) is 35.2 Å². The summed E-state index contributed by atoms with van der Waals surface area (Å²) in [6.07, 6.45) is 8.37. The van der Waals surface area contributed by atoms with Crippen LogP contribution in [0.1, 0.15) is 120 Å². The smallest absolute Gasteiger partial charge is 0.406 e. The van der Waals surface area contributed by atoms with Crippen molar-refractivity contribution in [2.24, 2.45) is 22.7 Å². The topological polar surface area (TPSA) is 170 Å². The lowest BCUT2D eigenvalue weighted by atomic mass is 9.84. The summed E-state index contributed by atoms with van der Waals surface area (Å²) in [5, 5.41) is 7.88. The third kappa shape index (κ3) is 11.6. The largest absolute Gasteiger partial charge is 0.464 e. The highest BCUT2D eigenvalue weighted by Crippen LogP contribution is 2.54. The maximum Gasteiger partial charge on any atom is 0.406 e. The van der Waals surface area contributed by atoms with Gasteiger partial charge in [0.25, 0.3) is 5.91 Å². The van der Waals surface area contributed by atoms with Crippen molar-refractivity contribution < 1.29 is 46.6 Å². The van der Waals surface area contributed by atoms with Gasteiger partial charge in [0.05, 0.1) is 72.0 Å². The summed E-state index contributed by atoms with van der Waals surface area (Å²) in [6, 6.07) is 6.27. The molecule has 4 aromatic rings. The number of nitrogens with zero attached hydrogens (tertiary/aromatic N) is 9. The first-order chi connectivity index (χ1) is 41.4. The van der Waals surface area contributed by atoms with Gasteiger partial charge in [0.1, 0.15) is 24.7 Å². The normalized spacial score (nSPS) is 30.2. The number of fused-ring (bicyclic) bond motifs is 7. The Labute approximate surface area is 505 Å². The summed E-state index contributed by atoms with van der Waals surface area (Å²) >= 11 is 1.37. The number of ether oxygens (including phenoxy) is 3. The van der Waals surface area contributed by atoms with Crippen LogP contribution in [0.2, 0.25) is 0 Å². The summed E-state index contributed by atoms with van der Waals surface area (Å²) in [6.45, 7) is 12.0. The monoisotopic (exact) mass is 1210 g/mol. The first-order valence-electron chi connectivity index (χ1n) is 32.0. The second-order valence-corrected chi connectivity index (χ2v) is 28.7. The van der Waals surface area contributed by atoms with Gasteiger partial charge in [0.2, 0.25) is 11.8 Å². The van der Waals surface area contributed by atoms with Gasteiger partial charge in [-0.15, -0.1) is 11.3 Å². The number of thiazole rings is 1. The minimum atomic E-state index is -4.61. The Balaban J connectivity index is 0.792. The Morgan fingerprint density at radius 1 is 0.953 bits per heavy atom. The quantitative estimate of drug-likeness (QED) is 0.107. The van der Waals surface area contributed by atoms with E-state index in [1.54, 1.807) is 19.4 Å². The molecule has 3 saturated carbocycles. The van der Waals surface area contributed by atoms with Crippen LogP contribution in [0.3, 0.4) is 0 Å². The van der Waals surface area contributed by atoms with E-state index in [-0.39, 0.29) is 54.7 Å². The Bertz CT molecular complexity index is 3230. The van der Waals surface area contributed by atoms with Gasteiger partial charge in [-0.05, 0) is 120 Å². The van der Waals surface area contributed by atoms with E-state index < -0.39 is 48.3 Å². The Kier molecular flexibility index (Phi) is 15.6. The maximum atomic E-state index is 15.3. The van der Waals surface area contributed by atoms with Gasteiger partial charge in [0.15, 0.2) is 0 Å². The first-order valence-corrected chi connectivity index (χ1v) is 32.9. The van der Waals surface area contributed by atoms with Crippen molar-refractivity contribution in [1.29, 1.82) is 0 Å². The number of hydrogen-bond acceptors (Lipinski definition) is 15. The number of morpholine rings is 1. The number of aromatic nitrogens is 3. The molecule has 6 saturated heterocycles. The van der Waals surface area contributed by atoms with Gasteiger partial charge in [-0.3, -0.25) is 43.9 Å². The molecule has 10 aliphatic rings. The number of anilines is 1. The third-order valence-electron chi connectivity index (χ3n) is 21.0. The van der Waals surface area contributed by atoms with Crippen LogP contribution in [0.15, 0.2) is 35.8 Å². The number of cyclic esters (lactones) is 1. The number of carbonyl (C=O) groups excluding carboxylic acids is 4. The third-order valence-corrected chi connectivity index (χ3v) is 21.9. The molecule has 86 heavy (non-hydrogen) atoms. The zero-order chi connectivity index (χ0) is 59.4. The molecule has 9 fully saturated rings. The average molecular weight is 1210 g/mol. The fourth-order valence-corrected chi connectivity index (χ4v) is 17.0. The van der Waals surface area contributed by atoms with Crippen LogP contribution >= 0.6 is 11.3 Å². The number of amides is 3. The zero-order valence-electron chi connectivity index (χ0n) is 50.3. The van der Waals surface area contributed by atoms with E-state index in [4.69, 9.17) is 24.2 Å². The summed E-state index contributed by atoms with van der Waals surface area (Å²) in [4.78, 5) is 80.9. The van der Waals surface area contributed by atoms with Crippen LogP contribution in [0.25, 0.3) is 33.4 Å². The average Bonchev–Trinajstić information content (AvgIpc) is 1.58. The van der Waals surface area contributed by atoms with E-state index in [9.17, 15) is 9.59 Å². The zero-order valence-corrected chi connectivity index (χ0v) is 51.1. The molecule has 464 valence electrons. The predicted octanol–water partition coefficient (Wildman–Crippen LogP) is 7.37. The van der Waals surface area contributed by atoms with Crippen molar-refractivity contribution in [2.75, 3.05) is 90.7 Å². The highest BCUT2D eigenvalue weighted by molar-refractivity contribution is 7.10. The van der Waals surface area contributed by atoms with Crippen LogP contribution in [-0.2, 0) is 52.8 Å². The molecule has 3 amide bonds. The summed E-state index contributed by atoms with van der Waals surface area (Å²) in [5.74, 6) is -0.0337. The minimum absolute atomic E-state index is 0.0386. The molecule has 22 heteroatoms. The lowest BCUT2D eigenvalue weighted by molar-refractivity contribution is -0.155. The SMILES string of the molecule is CO[C@@H](C)c1ncc(N2CCN3CCOC[C@@H]3C2)cc1-c1c2c3cc(ccc3n1CC(F)(F)F)-c1csc(n1)C[C@H](NC(=O)C(C1CCCC1)N1CC[C@]3(CCN(C(=O)[C@H]4C(C5CC5)N4C4CC4)C3)C1)C(=O)N1CCC[C@H](N1)C(=O)OCC(C)(C)C2. The van der Waals surface area contributed by atoms with E-state index in [0.29, 0.717) is 126 Å². The van der Waals surface area contributed by atoms with Crippen molar-refractivity contribution in [1.82, 2.24) is 49.9 Å². The van der Waals surface area contributed by atoms with E-state index in [1.807, 2.05) is 44.4 Å². The molecule has 9 atom stereocenters. The molecule has 14 rings (SSSR count). The van der Waals surface area contributed by atoms with Gasteiger partial charge in [0, 0.05) is 116 Å². The number of nitrogens with one attached hydrogen (secondary N) is 2. The molecular formula is C64H84F3N11O7S. The molecule has 10 heterocycles. The Morgan fingerprint density at radius 3 is 2.55 bits per heavy atom. The van der Waals surface area contributed by atoms with Gasteiger partial charge in [-0.1, -0.05) is 32.8 Å². The second kappa shape index (κ2) is 23.0.